The SMILES string of the molecule is CCCc1ccc(C(=O)OC)cc1C(F)(F)F.CCCc1ccc(CO)cc1C(F)(F)F. The third-order valence-electron chi connectivity index (χ3n) is 4.54. The van der Waals surface area contributed by atoms with Gasteiger partial charge in [0.15, 0.2) is 0 Å². The van der Waals surface area contributed by atoms with Gasteiger partial charge in [0.25, 0.3) is 0 Å². The lowest BCUT2D eigenvalue weighted by molar-refractivity contribution is -0.139. The Morgan fingerprint density at radius 1 is 0.844 bits per heavy atom. The first-order chi connectivity index (χ1) is 14.9. The highest BCUT2D eigenvalue weighted by atomic mass is 19.4. The Balaban J connectivity index is 0.000000323. The van der Waals surface area contributed by atoms with Crippen LogP contribution in [0.2, 0.25) is 0 Å². The number of hydrogen-bond acceptors (Lipinski definition) is 3. The van der Waals surface area contributed by atoms with Crippen molar-refractivity contribution in [3.63, 3.8) is 0 Å². The molecule has 0 heterocycles. The molecule has 0 bridgehead atoms. The maximum Gasteiger partial charge on any atom is 0.416 e. The van der Waals surface area contributed by atoms with Crippen LogP contribution in [0.5, 0.6) is 0 Å². The number of carbonyl (C=O) groups is 1. The van der Waals surface area contributed by atoms with Gasteiger partial charge < -0.3 is 9.84 Å². The molecule has 178 valence electrons. The molecule has 32 heavy (non-hydrogen) atoms. The molecule has 2 aromatic rings. The van der Waals surface area contributed by atoms with E-state index >= 15 is 0 Å². The molecule has 0 fully saturated rings. The predicted molar refractivity (Wildman–Crippen MR) is 108 cm³/mol. The van der Waals surface area contributed by atoms with Crippen molar-refractivity contribution >= 4 is 5.97 Å². The lowest BCUT2D eigenvalue weighted by Gasteiger charge is -2.13. The van der Waals surface area contributed by atoms with Gasteiger partial charge in [-0.2, -0.15) is 26.3 Å². The van der Waals surface area contributed by atoms with Crippen LogP contribution in [0.25, 0.3) is 0 Å². The number of carbonyl (C=O) groups excluding carboxylic acids is 1. The summed E-state index contributed by atoms with van der Waals surface area (Å²) in [6.07, 6.45) is -6.77. The molecule has 0 saturated heterocycles. The molecule has 0 aliphatic rings. The molecule has 0 amide bonds. The van der Waals surface area contributed by atoms with Crippen LogP contribution in [-0.2, 0) is 36.5 Å². The highest BCUT2D eigenvalue weighted by molar-refractivity contribution is 5.89. The molecule has 0 aliphatic heterocycles. The third kappa shape index (κ3) is 7.85. The van der Waals surface area contributed by atoms with Crippen LogP contribution < -0.4 is 0 Å². The van der Waals surface area contributed by atoms with Crippen molar-refractivity contribution in [3.05, 3.63) is 69.8 Å². The Kier molecular flexibility index (Phi) is 10.2. The number of benzene rings is 2. The van der Waals surface area contributed by atoms with Crippen LogP contribution in [0, 0.1) is 0 Å². The number of halogens is 6. The third-order valence-corrected chi connectivity index (χ3v) is 4.54. The van der Waals surface area contributed by atoms with Gasteiger partial charge in [0.1, 0.15) is 0 Å². The van der Waals surface area contributed by atoms with Crippen LogP contribution in [0.3, 0.4) is 0 Å². The van der Waals surface area contributed by atoms with Crippen molar-refractivity contribution in [2.24, 2.45) is 0 Å². The van der Waals surface area contributed by atoms with Crippen LogP contribution in [0.1, 0.15) is 64.9 Å². The number of aryl methyl sites for hydroxylation is 2. The Morgan fingerprint density at radius 2 is 1.31 bits per heavy atom. The fraction of sp³-hybridized carbons (Fsp3) is 0.435. The zero-order valence-corrected chi connectivity index (χ0v) is 18.0. The fourth-order valence-corrected chi connectivity index (χ4v) is 3.05. The summed E-state index contributed by atoms with van der Waals surface area (Å²) in [5, 5.41) is 8.78. The molecule has 0 saturated carbocycles. The van der Waals surface area contributed by atoms with Gasteiger partial charge in [-0.05, 0) is 47.7 Å². The monoisotopic (exact) mass is 464 g/mol. The van der Waals surface area contributed by atoms with Gasteiger partial charge in [-0.15, -0.1) is 0 Å². The standard InChI is InChI=1S/C12H13F3O2.C11H13F3O/c1-3-4-8-5-6-9(11(16)17-2)7-10(8)12(13,14)15;1-2-3-9-5-4-8(7-15)6-10(9)11(12,13)14/h5-7H,3-4H2,1-2H3;4-6,15H,2-3,7H2,1H3. The summed E-state index contributed by atoms with van der Waals surface area (Å²) in [5.41, 5.74) is -0.685. The Hall–Kier alpha value is -2.55. The van der Waals surface area contributed by atoms with Crippen molar-refractivity contribution < 1.29 is 41.0 Å². The first-order valence-corrected chi connectivity index (χ1v) is 9.97. The average molecular weight is 464 g/mol. The molecule has 1 N–H and O–H groups in total. The summed E-state index contributed by atoms with van der Waals surface area (Å²) in [4.78, 5) is 11.2. The summed E-state index contributed by atoms with van der Waals surface area (Å²) in [6.45, 7) is 3.27. The molecular formula is C23H26F6O3. The molecule has 2 aromatic carbocycles. The van der Waals surface area contributed by atoms with Crippen molar-refractivity contribution in [3.8, 4) is 0 Å². The zero-order chi connectivity index (χ0) is 24.5. The fourth-order valence-electron chi connectivity index (χ4n) is 3.05. The van der Waals surface area contributed by atoms with E-state index in [1.54, 1.807) is 6.92 Å². The normalized spacial score (nSPS) is 11.6. The van der Waals surface area contributed by atoms with Gasteiger partial charge in [0.05, 0.1) is 30.4 Å². The van der Waals surface area contributed by atoms with E-state index < -0.39 is 29.4 Å². The highest BCUT2D eigenvalue weighted by Gasteiger charge is 2.34. The van der Waals surface area contributed by atoms with Crippen molar-refractivity contribution in [1.29, 1.82) is 0 Å². The van der Waals surface area contributed by atoms with Crippen molar-refractivity contribution in [1.82, 2.24) is 0 Å². The molecule has 0 atom stereocenters. The van der Waals surface area contributed by atoms with Gasteiger partial charge in [-0.25, -0.2) is 4.79 Å². The molecule has 3 nitrogen and oxygen atoms in total. The molecule has 0 aromatic heterocycles. The summed E-state index contributed by atoms with van der Waals surface area (Å²) in [7, 11) is 1.13. The highest BCUT2D eigenvalue weighted by Crippen LogP contribution is 2.34. The number of hydrogen-bond donors (Lipinski definition) is 1. The molecule has 2 rings (SSSR count). The van der Waals surface area contributed by atoms with E-state index in [4.69, 9.17) is 5.11 Å². The minimum atomic E-state index is -4.45. The number of ether oxygens (including phenoxy) is 1. The van der Waals surface area contributed by atoms with Gasteiger partial charge in [-0.1, -0.05) is 44.9 Å². The van der Waals surface area contributed by atoms with Gasteiger partial charge >= 0.3 is 18.3 Å². The smallest absolute Gasteiger partial charge is 0.416 e. The lowest BCUT2D eigenvalue weighted by atomic mass is 10.00. The topological polar surface area (TPSA) is 46.5 Å². The van der Waals surface area contributed by atoms with E-state index in [1.165, 1.54) is 24.3 Å². The largest absolute Gasteiger partial charge is 0.465 e. The van der Waals surface area contributed by atoms with Crippen LogP contribution in [0.4, 0.5) is 26.3 Å². The number of rotatable bonds is 6. The summed E-state index contributed by atoms with van der Waals surface area (Å²) >= 11 is 0. The van der Waals surface area contributed by atoms with Gasteiger partial charge in [-0.3, -0.25) is 0 Å². The quantitative estimate of drug-likeness (QED) is 0.387. The second-order valence-corrected chi connectivity index (χ2v) is 7.01. The maximum atomic E-state index is 12.8. The number of alkyl halides is 6. The number of esters is 1. The van der Waals surface area contributed by atoms with E-state index in [1.807, 2.05) is 6.92 Å². The summed E-state index contributed by atoms with van der Waals surface area (Å²) in [6, 6.07) is 7.52. The van der Waals surface area contributed by atoms with Crippen LogP contribution >= 0.6 is 0 Å². The molecule has 9 heteroatoms. The molecule has 0 spiro atoms. The zero-order valence-electron chi connectivity index (χ0n) is 18.0. The number of aliphatic hydroxyl groups excluding tert-OH is 1. The molecule has 0 aliphatic carbocycles. The maximum absolute atomic E-state index is 12.8. The van der Waals surface area contributed by atoms with E-state index in [-0.39, 0.29) is 17.7 Å². The first-order valence-electron chi connectivity index (χ1n) is 9.97. The molecule has 0 radical (unpaired) electrons. The molecular weight excluding hydrogens is 438 g/mol. The molecule has 0 unspecified atom stereocenters. The predicted octanol–water partition coefficient (Wildman–Crippen LogP) is 6.59. The van der Waals surface area contributed by atoms with E-state index in [9.17, 15) is 31.1 Å². The van der Waals surface area contributed by atoms with Crippen molar-refractivity contribution in [2.45, 2.75) is 58.5 Å². The van der Waals surface area contributed by atoms with E-state index in [2.05, 4.69) is 4.74 Å². The number of aliphatic hydroxyl groups is 1. The minimum Gasteiger partial charge on any atom is -0.465 e. The van der Waals surface area contributed by atoms with Gasteiger partial charge in [0, 0.05) is 0 Å². The number of methoxy groups -OCH3 is 1. The minimum absolute atomic E-state index is 0.0836. The summed E-state index contributed by atoms with van der Waals surface area (Å²) < 4.78 is 80.5. The second kappa shape index (κ2) is 11.9. The Bertz CT molecular complexity index is 888. The Labute approximate surface area is 183 Å². The van der Waals surface area contributed by atoms with E-state index in [0.29, 0.717) is 36.8 Å². The summed E-state index contributed by atoms with van der Waals surface area (Å²) in [5.74, 6) is -0.765. The van der Waals surface area contributed by atoms with Gasteiger partial charge in [0.2, 0.25) is 0 Å². The lowest BCUT2D eigenvalue weighted by Crippen LogP contribution is -2.12. The first kappa shape index (κ1) is 27.5. The van der Waals surface area contributed by atoms with Crippen LogP contribution in [-0.4, -0.2) is 18.2 Å². The van der Waals surface area contributed by atoms with E-state index in [0.717, 1.165) is 19.2 Å². The second-order valence-electron chi connectivity index (χ2n) is 7.01. The van der Waals surface area contributed by atoms with Crippen molar-refractivity contribution in [2.75, 3.05) is 7.11 Å². The Morgan fingerprint density at radius 3 is 1.72 bits per heavy atom. The average Bonchev–Trinajstić information content (AvgIpc) is 2.73. The van der Waals surface area contributed by atoms with Crippen LogP contribution in [0.15, 0.2) is 36.4 Å².